The summed E-state index contributed by atoms with van der Waals surface area (Å²) in [5, 5.41) is 12.7. The molecular formula is C19H26N4O2S. The standard InChI is InChI=1S/C19H26N4O2S/c24-19(16-5-1-7-20-16)21-11-14-4-2-8-23(12-14)13-15-10-17(25-22-15)18-6-3-9-26-18/h3,6,9-10,14,16,20H,1-2,4-5,7-8,11-13H2,(H,21,24). The number of thiophene rings is 1. The SMILES string of the molecule is O=C(NCC1CCCN(Cc2cc(-c3cccs3)on2)C1)C1CCCN1. The van der Waals surface area contributed by atoms with Crippen LogP contribution in [0.4, 0.5) is 0 Å². The van der Waals surface area contributed by atoms with Crippen molar-refractivity contribution in [2.24, 2.45) is 5.92 Å². The van der Waals surface area contributed by atoms with Crippen molar-refractivity contribution in [3.63, 3.8) is 0 Å². The third-order valence-corrected chi connectivity index (χ3v) is 6.14. The summed E-state index contributed by atoms with van der Waals surface area (Å²) in [5.74, 6) is 1.52. The molecule has 1 amide bonds. The van der Waals surface area contributed by atoms with Crippen LogP contribution in [-0.2, 0) is 11.3 Å². The van der Waals surface area contributed by atoms with Crippen LogP contribution in [0.15, 0.2) is 28.1 Å². The maximum atomic E-state index is 12.2. The minimum Gasteiger partial charge on any atom is -0.355 e. The molecule has 2 aliphatic rings. The summed E-state index contributed by atoms with van der Waals surface area (Å²) < 4.78 is 5.48. The molecule has 6 nitrogen and oxygen atoms in total. The van der Waals surface area contributed by atoms with Crippen molar-refractivity contribution < 1.29 is 9.32 Å². The highest BCUT2D eigenvalue weighted by Gasteiger charge is 2.25. The van der Waals surface area contributed by atoms with Crippen LogP contribution in [0.3, 0.4) is 0 Å². The lowest BCUT2D eigenvalue weighted by Gasteiger charge is -2.32. The second-order valence-electron chi connectivity index (χ2n) is 7.30. The van der Waals surface area contributed by atoms with E-state index < -0.39 is 0 Å². The highest BCUT2D eigenvalue weighted by atomic mass is 32.1. The third kappa shape index (κ3) is 4.34. The molecular weight excluding hydrogens is 348 g/mol. The maximum Gasteiger partial charge on any atom is 0.237 e. The Bertz CT molecular complexity index is 709. The van der Waals surface area contributed by atoms with Crippen molar-refractivity contribution in [1.82, 2.24) is 20.7 Å². The summed E-state index contributed by atoms with van der Waals surface area (Å²) in [5.41, 5.74) is 0.980. The van der Waals surface area contributed by atoms with E-state index in [9.17, 15) is 4.79 Å². The predicted molar refractivity (Wildman–Crippen MR) is 102 cm³/mol. The van der Waals surface area contributed by atoms with Gasteiger partial charge < -0.3 is 15.2 Å². The molecule has 4 rings (SSSR count). The van der Waals surface area contributed by atoms with Crippen LogP contribution in [0.25, 0.3) is 10.6 Å². The van der Waals surface area contributed by atoms with Crippen LogP contribution < -0.4 is 10.6 Å². The number of nitrogens with one attached hydrogen (secondary N) is 2. The van der Waals surface area contributed by atoms with Gasteiger partial charge in [0, 0.05) is 25.7 Å². The van der Waals surface area contributed by atoms with E-state index in [4.69, 9.17) is 4.52 Å². The average Bonchev–Trinajstić information content (AvgIpc) is 3.41. The molecule has 0 aromatic carbocycles. The molecule has 0 spiro atoms. The molecule has 2 fully saturated rings. The van der Waals surface area contributed by atoms with Crippen LogP contribution >= 0.6 is 11.3 Å². The van der Waals surface area contributed by atoms with Gasteiger partial charge in [-0.1, -0.05) is 11.2 Å². The van der Waals surface area contributed by atoms with Gasteiger partial charge in [0.2, 0.25) is 5.91 Å². The molecule has 0 bridgehead atoms. The minimum absolute atomic E-state index is 0.0143. The lowest BCUT2D eigenvalue weighted by atomic mass is 9.97. The first-order valence-corrected chi connectivity index (χ1v) is 10.4. The summed E-state index contributed by atoms with van der Waals surface area (Å²) >= 11 is 1.66. The van der Waals surface area contributed by atoms with Crippen molar-refractivity contribution in [1.29, 1.82) is 0 Å². The predicted octanol–water partition coefficient (Wildman–Crippen LogP) is 2.48. The zero-order valence-corrected chi connectivity index (χ0v) is 15.8. The minimum atomic E-state index is 0.0143. The summed E-state index contributed by atoms with van der Waals surface area (Å²) in [7, 11) is 0. The molecule has 7 heteroatoms. The van der Waals surface area contributed by atoms with Crippen molar-refractivity contribution in [3.05, 3.63) is 29.3 Å². The Morgan fingerprint density at radius 1 is 1.42 bits per heavy atom. The number of hydrogen-bond acceptors (Lipinski definition) is 6. The van der Waals surface area contributed by atoms with E-state index in [1.165, 1.54) is 6.42 Å². The van der Waals surface area contributed by atoms with Gasteiger partial charge in [0.15, 0.2) is 5.76 Å². The van der Waals surface area contributed by atoms with Gasteiger partial charge in [0.05, 0.1) is 16.6 Å². The molecule has 2 unspecified atom stereocenters. The van der Waals surface area contributed by atoms with Gasteiger partial charge in [-0.15, -0.1) is 11.3 Å². The summed E-state index contributed by atoms with van der Waals surface area (Å²) in [6.07, 6.45) is 4.40. The number of amides is 1. The molecule has 2 N–H and O–H groups in total. The van der Waals surface area contributed by atoms with Gasteiger partial charge >= 0.3 is 0 Å². The van der Waals surface area contributed by atoms with Crippen LogP contribution in [0.2, 0.25) is 0 Å². The third-order valence-electron chi connectivity index (χ3n) is 5.25. The van der Waals surface area contributed by atoms with Gasteiger partial charge in [0.25, 0.3) is 0 Å². The monoisotopic (exact) mass is 374 g/mol. The fourth-order valence-corrected chi connectivity index (χ4v) is 4.56. The van der Waals surface area contributed by atoms with Gasteiger partial charge in [-0.3, -0.25) is 9.69 Å². The van der Waals surface area contributed by atoms with E-state index in [1.54, 1.807) is 11.3 Å². The molecule has 0 aliphatic carbocycles. The number of hydrogen-bond donors (Lipinski definition) is 2. The maximum absolute atomic E-state index is 12.2. The number of carbonyl (C=O) groups excluding carboxylic acids is 1. The molecule has 2 atom stereocenters. The van der Waals surface area contributed by atoms with Crippen molar-refractivity contribution in [3.8, 4) is 10.6 Å². The smallest absolute Gasteiger partial charge is 0.237 e. The van der Waals surface area contributed by atoms with E-state index in [0.717, 1.165) is 68.3 Å². The lowest BCUT2D eigenvalue weighted by molar-refractivity contribution is -0.123. The molecule has 2 saturated heterocycles. The lowest BCUT2D eigenvalue weighted by Crippen LogP contribution is -2.45. The normalized spacial score (nSPS) is 24.0. The second kappa shape index (κ2) is 8.33. The Hall–Kier alpha value is -1.70. The van der Waals surface area contributed by atoms with E-state index >= 15 is 0 Å². The topological polar surface area (TPSA) is 70.4 Å². The number of carbonyl (C=O) groups is 1. The first kappa shape index (κ1) is 17.7. The second-order valence-corrected chi connectivity index (χ2v) is 8.24. The van der Waals surface area contributed by atoms with E-state index in [0.29, 0.717) is 5.92 Å². The summed E-state index contributed by atoms with van der Waals surface area (Å²) in [6.45, 7) is 4.62. The molecule has 140 valence electrons. The Labute approximate surface area is 157 Å². The first-order chi connectivity index (χ1) is 12.8. The molecule has 4 heterocycles. The first-order valence-electron chi connectivity index (χ1n) is 9.51. The molecule has 2 aromatic rings. The van der Waals surface area contributed by atoms with E-state index in [1.807, 2.05) is 23.6 Å². The van der Waals surface area contributed by atoms with Crippen molar-refractivity contribution in [2.45, 2.75) is 38.3 Å². The molecule has 2 aliphatic heterocycles. The molecule has 0 saturated carbocycles. The van der Waals surface area contributed by atoms with E-state index in [2.05, 4.69) is 20.7 Å². The number of aromatic nitrogens is 1. The molecule has 2 aromatic heterocycles. The Balaban J connectivity index is 1.26. The van der Waals surface area contributed by atoms with Gasteiger partial charge in [-0.2, -0.15) is 0 Å². The van der Waals surface area contributed by atoms with Crippen molar-refractivity contribution >= 4 is 17.2 Å². The van der Waals surface area contributed by atoms with E-state index in [-0.39, 0.29) is 11.9 Å². The average molecular weight is 375 g/mol. The highest BCUT2D eigenvalue weighted by Crippen LogP contribution is 2.26. The van der Waals surface area contributed by atoms with Crippen LogP contribution in [0.1, 0.15) is 31.4 Å². The number of piperidine rings is 1. The Morgan fingerprint density at radius 2 is 2.38 bits per heavy atom. The fraction of sp³-hybridized carbons (Fsp3) is 0.579. The van der Waals surface area contributed by atoms with Crippen LogP contribution in [0, 0.1) is 5.92 Å². The largest absolute Gasteiger partial charge is 0.355 e. The van der Waals surface area contributed by atoms with Gasteiger partial charge in [-0.05, 0) is 56.1 Å². The number of likely N-dealkylation sites (tertiary alicyclic amines) is 1. The zero-order chi connectivity index (χ0) is 17.8. The van der Waals surface area contributed by atoms with Gasteiger partial charge in [-0.25, -0.2) is 0 Å². The Kier molecular flexibility index (Phi) is 5.67. The molecule has 0 radical (unpaired) electrons. The summed E-state index contributed by atoms with van der Waals surface area (Å²) in [4.78, 5) is 15.7. The van der Waals surface area contributed by atoms with Gasteiger partial charge in [0.1, 0.15) is 0 Å². The fourth-order valence-electron chi connectivity index (χ4n) is 3.89. The Morgan fingerprint density at radius 3 is 3.19 bits per heavy atom. The highest BCUT2D eigenvalue weighted by molar-refractivity contribution is 7.13. The zero-order valence-electron chi connectivity index (χ0n) is 14.9. The van der Waals surface area contributed by atoms with Crippen LogP contribution in [-0.4, -0.2) is 48.2 Å². The van der Waals surface area contributed by atoms with Crippen molar-refractivity contribution in [2.75, 3.05) is 26.2 Å². The summed E-state index contributed by atoms with van der Waals surface area (Å²) in [6, 6.07) is 6.13. The number of rotatable bonds is 6. The molecule has 26 heavy (non-hydrogen) atoms. The quantitative estimate of drug-likeness (QED) is 0.813. The number of nitrogens with zero attached hydrogens (tertiary/aromatic N) is 2. The van der Waals surface area contributed by atoms with Crippen LogP contribution in [0.5, 0.6) is 0 Å².